The Balaban J connectivity index is 1.92. The number of nitrogens with one attached hydrogen (secondary N) is 2. The molecule has 0 bridgehead atoms. The van der Waals surface area contributed by atoms with Crippen LogP contribution in [0.3, 0.4) is 0 Å². The van der Waals surface area contributed by atoms with Gasteiger partial charge >= 0.3 is 0 Å². The van der Waals surface area contributed by atoms with E-state index in [4.69, 9.17) is 5.73 Å². The molecule has 0 aliphatic carbocycles. The number of H-pyrrole nitrogens is 1. The Kier molecular flexibility index (Phi) is 4.20. The summed E-state index contributed by atoms with van der Waals surface area (Å²) in [6.07, 6.45) is 2.79. The molecule has 0 aliphatic heterocycles. The Morgan fingerprint density at radius 2 is 2.00 bits per heavy atom. The highest BCUT2D eigenvalue weighted by Gasteiger charge is 2.13. The molecule has 0 saturated heterocycles. The molecule has 4 N–H and O–H groups in total. The van der Waals surface area contributed by atoms with Gasteiger partial charge in [-0.1, -0.05) is 12.1 Å². The molecule has 20 heavy (non-hydrogen) atoms. The highest BCUT2D eigenvalue weighted by Crippen LogP contribution is 2.19. The SMILES string of the molecule is CC(C)(N)CCC(=O)Nc1ccc(-c2ccn[nH]2)cc1. The van der Waals surface area contributed by atoms with Crippen molar-refractivity contribution in [1.29, 1.82) is 0 Å². The minimum absolute atomic E-state index is 0.0159. The van der Waals surface area contributed by atoms with Crippen LogP contribution in [0.2, 0.25) is 0 Å². The van der Waals surface area contributed by atoms with E-state index in [0.717, 1.165) is 16.9 Å². The molecule has 1 heterocycles. The van der Waals surface area contributed by atoms with Crippen LogP contribution in [-0.2, 0) is 4.79 Å². The number of carbonyl (C=O) groups is 1. The third kappa shape index (κ3) is 4.20. The van der Waals surface area contributed by atoms with Gasteiger partial charge < -0.3 is 11.1 Å². The smallest absolute Gasteiger partial charge is 0.224 e. The zero-order valence-electron chi connectivity index (χ0n) is 11.8. The normalized spacial score (nSPS) is 11.3. The van der Waals surface area contributed by atoms with E-state index in [9.17, 15) is 4.79 Å². The lowest BCUT2D eigenvalue weighted by atomic mass is 10.00. The molecule has 0 fully saturated rings. The van der Waals surface area contributed by atoms with Crippen LogP contribution in [-0.4, -0.2) is 21.6 Å². The maximum atomic E-state index is 11.8. The van der Waals surface area contributed by atoms with Crippen LogP contribution < -0.4 is 11.1 Å². The third-order valence-corrected chi connectivity index (χ3v) is 2.98. The summed E-state index contributed by atoms with van der Waals surface area (Å²) < 4.78 is 0. The third-order valence-electron chi connectivity index (χ3n) is 2.98. The van der Waals surface area contributed by atoms with Crippen LogP contribution in [0.4, 0.5) is 5.69 Å². The van der Waals surface area contributed by atoms with E-state index in [0.29, 0.717) is 12.8 Å². The molecule has 1 aromatic carbocycles. The van der Waals surface area contributed by atoms with Crippen molar-refractivity contribution in [2.24, 2.45) is 5.73 Å². The summed E-state index contributed by atoms with van der Waals surface area (Å²) in [6, 6.07) is 9.53. The topological polar surface area (TPSA) is 83.8 Å². The predicted molar refractivity (Wildman–Crippen MR) is 80.2 cm³/mol. The Morgan fingerprint density at radius 3 is 2.55 bits per heavy atom. The van der Waals surface area contributed by atoms with Gasteiger partial charge in [0, 0.05) is 23.8 Å². The molecule has 0 radical (unpaired) electrons. The molecule has 0 spiro atoms. The number of nitrogens with two attached hydrogens (primary N) is 1. The van der Waals surface area contributed by atoms with E-state index in [1.807, 2.05) is 44.2 Å². The van der Waals surface area contributed by atoms with Crippen LogP contribution in [0.5, 0.6) is 0 Å². The number of carbonyl (C=O) groups excluding carboxylic acids is 1. The van der Waals surface area contributed by atoms with Crippen molar-refractivity contribution in [3.63, 3.8) is 0 Å². The lowest BCUT2D eigenvalue weighted by Gasteiger charge is -2.17. The fraction of sp³-hybridized carbons (Fsp3) is 0.333. The first-order chi connectivity index (χ1) is 9.44. The number of rotatable bonds is 5. The largest absolute Gasteiger partial charge is 0.326 e. The van der Waals surface area contributed by atoms with Crippen LogP contribution >= 0.6 is 0 Å². The zero-order chi connectivity index (χ0) is 14.6. The maximum Gasteiger partial charge on any atom is 0.224 e. The van der Waals surface area contributed by atoms with Gasteiger partial charge in [-0.05, 0) is 44.0 Å². The van der Waals surface area contributed by atoms with Gasteiger partial charge in [0.2, 0.25) is 5.91 Å². The quantitative estimate of drug-likeness (QED) is 0.782. The van der Waals surface area contributed by atoms with Gasteiger partial charge in [-0.3, -0.25) is 9.89 Å². The molecule has 5 heteroatoms. The van der Waals surface area contributed by atoms with Gasteiger partial charge in [0.15, 0.2) is 0 Å². The molecule has 106 valence electrons. The molecular weight excluding hydrogens is 252 g/mol. The molecule has 2 aromatic rings. The van der Waals surface area contributed by atoms with Gasteiger partial charge in [-0.2, -0.15) is 5.10 Å². The van der Waals surface area contributed by atoms with Gasteiger partial charge in [0.05, 0.1) is 5.69 Å². The van der Waals surface area contributed by atoms with Crippen LogP contribution in [0.25, 0.3) is 11.3 Å². The van der Waals surface area contributed by atoms with Crippen LogP contribution in [0.1, 0.15) is 26.7 Å². The molecule has 2 rings (SSSR count). The van der Waals surface area contributed by atoms with Crippen molar-refractivity contribution in [3.05, 3.63) is 36.5 Å². The van der Waals surface area contributed by atoms with Gasteiger partial charge in [0.1, 0.15) is 0 Å². The summed E-state index contributed by atoms with van der Waals surface area (Å²) >= 11 is 0. The fourth-order valence-corrected chi connectivity index (χ4v) is 1.81. The van der Waals surface area contributed by atoms with Crippen molar-refractivity contribution in [2.45, 2.75) is 32.2 Å². The highest BCUT2D eigenvalue weighted by molar-refractivity contribution is 5.91. The van der Waals surface area contributed by atoms with Gasteiger partial charge in [-0.25, -0.2) is 0 Å². The summed E-state index contributed by atoms with van der Waals surface area (Å²) in [5, 5.41) is 9.68. The van der Waals surface area contributed by atoms with Crippen molar-refractivity contribution in [3.8, 4) is 11.3 Å². The minimum atomic E-state index is -0.318. The lowest BCUT2D eigenvalue weighted by molar-refractivity contribution is -0.116. The summed E-state index contributed by atoms with van der Waals surface area (Å²) in [5.41, 5.74) is 8.31. The molecule has 1 amide bonds. The number of aromatic amines is 1. The summed E-state index contributed by atoms with van der Waals surface area (Å²) in [4.78, 5) is 11.8. The minimum Gasteiger partial charge on any atom is -0.326 e. The molecule has 0 unspecified atom stereocenters. The summed E-state index contributed by atoms with van der Waals surface area (Å²) in [5.74, 6) is -0.0159. The first-order valence-corrected chi connectivity index (χ1v) is 6.63. The molecule has 0 atom stereocenters. The maximum absolute atomic E-state index is 11.8. The number of benzene rings is 1. The number of hydrogen-bond donors (Lipinski definition) is 3. The average Bonchev–Trinajstić information content (AvgIpc) is 2.90. The molecule has 1 aromatic heterocycles. The Bertz CT molecular complexity index is 553. The van der Waals surface area contributed by atoms with Crippen LogP contribution in [0.15, 0.2) is 36.5 Å². The van der Waals surface area contributed by atoms with E-state index in [-0.39, 0.29) is 11.4 Å². The van der Waals surface area contributed by atoms with E-state index in [1.54, 1.807) is 6.20 Å². The van der Waals surface area contributed by atoms with E-state index < -0.39 is 0 Å². The lowest BCUT2D eigenvalue weighted by Crippen LogP contribution is -2.33. The first-order valence-electron chi connectivity index (χ1n) is 6.63. The Morgan fingerprint density at radius 1 is 1.30 bits per heavy atom. The second kappa shape index (κ2) is 5.88. The van der Waals surface area contributed by atoms with Crippen molar-refractivity contribution in [1.82, 2.24) is 10.2 Å². The molecule has 0 saturated carbocycles. The van der Waals surface area contributed by atoms with E-state index in [1.165, 1.54) is 0 Å². The van der Waals surface area contributed by atoms with Crippen molar-refractivity contribution >= 4 is 11.6 Å². The zero-order valence-corrected chi connectivity index (χ0v) is 11.8. The van der Waals surface area contributed by atoms with Crippen molar-refractivity contribution < 1.29 is 4.79 Å². The molecule has 0 aliphatic rings. The first kappa shape index (κ1) is 14.3. The number of aromatic nitrogens is 2. The number of anilines is 1. The Hall–Kier alpha value is -2.14. The summed E-state index contributed by atoms with van der Waals surface area (Å²) in [6.45, 7) is 3.83. The van der Waals surface area contributed by atoms with Crippen molar-refractivity contribution in [2.75, 3.05) is 5.32 Å². The predicted octanol–water partition coefficient (Wildman–Crippen LogP) is 2.53. The summed E-state index contributed by atoms with van der Waals surface area (Å²) in [7, 11) is 0. The number of nitrogens with zero attached hydrogens (tertiary/aromatic N) is 1. The average molecular weight is 272 g/mol. The fourth-order valence-electron chi connectivity index (χ4n) is 1.81. The second-order valence-electron chi connectivity index (χ2n) is 5.58. The standard InChI is InChI=1S/C15H20N4O/c1-15(2,16)9-7-14(20)18-12-5-3-11(4-6-12)13-8-10-17-19-13/h3-6,8,10H,7,9,16H2,1-2H3,(H,17,19)(H,18,20). The van der Waals surface area contributed by atoms with Crippen LogP contribution in [0, 0.1) is 0 Å². The van der Waals surface area contributed by atoms with E-state index >= 15 is 0 Å². The number of amides is 1. The Labute approximate surface area is 118 Å². The monoisotopic (exact) mass is 272 g/mol. The number of hydrogen-bond acceptors (Lipinski definition) is 3. The second-order valence-corrected chi connectivity index (χ2v) is 5.58. The molecular formula is C15H20N4O. The highest BCUT2D eigenvalue weighted by atomic mass is 16.1. The van der Waals surface area contributed by atoms with Gasteiger partial charge in [-0.15, -0.1) is 0 Å². The van der Waals surface area contributed by atoms with Gasteiger partial charge in [0.25, 0.3) is 0 Å². The molecule has 5 nitrogen and oxygen atoms in total. The van der Waals surface area contributed by atoms with E-state index in [2.05, 4.69) is 15.5 Å².